The second-order valence-electron chi connectivity index (χ2n) is 6.40. The van der Waals surface area contributed by atoms with E-state index >= 15 is 0 Å². The normalized spacial score (nSPS) is 21.7. The highest BCUT2D eigenvalue weighted by molar-refractivity contribution is 6.31. The lowest BCUT2D eigenvalue weighted by molar-refractivity contribution is -0.121. The minimum absolute atomic E-state index is 0.0934. The van der Waals surface area contributed by atoms with Crippen molar-refractivity contribution in [2.24, 2.45) is 10.3 Å². The fourth-order valence-corrected chi connectivity index (χ4v) is 3.51. The summed E-state index contributed by atoms with van der Waals surface area (Å²) in [5.41, 5.74) is 2.80. The molecule has 8 heteroatoms. The van der Waals surface area contributed by atoms with E-state index in [1.54, 1.807) is 12.1 Å². The fraction of sp³-hybridized carbons (Fsp3) is 0.222. The van der Waals surface area contributed by atoms with Crippen LogP contribution in [0.5, 0.6) is 0 Å². The first kappa shape index (κ1) is 16.7. The van der Waals surface area contributed by atoms with Crippen molar-refractivity contribution in [3.63, 3.8) is 0 Å². The van der Waals surface area contributed by atoms with Gasteiger partial charge in [0.1, 0.15) is 5.82 Å². The number of amides is 2. The number of rotatable bonds is 2. The molecule has 1 fully saturated rings. The number of carbonyl (C=O) groups excluding carboxylic acids is 2. The maximum Gasteiger partial charge on any atom is 0.263 e. The van der Waals surface area contributed by atoms with Crippen LogP contribution >= 0.6 is 11.6 Å². The van der Waals surface area contributed by atoms with Gasteiger partial charge < -0.3 is 0 Å². The Labute approximate surface area is 153 Å². The van der Waals surface area contributed by atoms with Gasteiger partial charge in [-0.2, -0.15) is 5.11 Å². The number of hydrogen-bond acceptors (Lipinski definition) is 5. The summed E-state index contributed by atoms with van der Waals surface area (Å²) in [5, 5.41) is 9.12. The third-order valence-electron chi connectivity index (χ3n) is 4.41. The molecule has 4 rings (SSSR count). The Balaban J connectivity index is 1.72. The van der Waals surface area contributed by atoms with Gasteiger partial charge in [0.05, 0.1) is 16.4 Å². The number of imide groups is 1. The third kappa shape index (κ3) is 2.47. The maximum absolute atomic E-state index is 13.4. The van der Waals surface area contributed by atoms with E-state index in [4.69, 9.17) is 11.6 Å². The van der Waals surface area contributed by atoms with E-state index in [1.807, 2.05) is 19.9 Å². The number of nitrogens with zero attached hydrogens (tertiary/aromatic N) is 4. The van der Waals surface area contributed by atoms with Crippen molar-refractivity contribution in [3.05, 3.63) is 58.4 Å². The standard InChI is InChI=1S/C18H14ClFN4O2/c1-9-5-10(2)7-12(6-9)23-17(25)15-16(18(23)26)24(22-21-15)11-3-4-14(20)13(19)8-11/h3-8,15-16H,1-2H3/t15-,16-/m0/s1. The smallest absolute Gasteiger partial charge is 0.263 e. The first-order chi connectivity index (χ1) is 12.4. The molecule has 2 aromatic rings. The van der Waals surface area contributed by atoms with Gasteiger partial charge in [0.15, 0.2) is 12.1 Å². The Hall–Kier alpha value is -2.80. The molecule has 0 N–H and O–H groups in total. The summed E-state index contributed by atoms with van der Waals surface area (Å²) >= 11 is 5.82. The summed E-state index contributed by atoms with van der Waals surface area (Å²) in [6, 6.07) is 7.68. The summed E-state index contributed by atoms with van der Waals surface area (Å²) in [6.45, 7) is 3.80. The summed E-state index contributed by atoms with van der Waals surface area (Å²) in [5.74, 6) is -1.42. The number of anilines is 2. The molecule has 0 aliphatic carbocycles. The van der Waals surface area contributed by atoms with Gasteiger partial charge in [-0.05, 0) is 55.3 Å². The summed E-state index contributed by atoms with van der Waals surface area (Å²) in [6.07, 6.45) is 0. The molecule has 0 saturated carbocycles. The van der Waals surface area contributed by atoms with Gasteiger partial charge >= 0.3 is 0 Å². The molecule has 2 aliphatic rings. The molecule has 26 heavy (non-hydrogen) atoms. The lowest BCUT2D eigenvalue weighted by atomic mass is 10.1. The predicted octanol–water partition coefficient (Wildman–Crippen LogP) is 3.59. The molecule has 2 aliphatic heterocycles. The number of fused-ring (bicyclic) bond motifs is 1. The Morgan fingerprint density at radius 2 is 1.69 bits per heavy atom. The van der Waals surface area contributed by atoms with E-state index in [1.165, 1.54) is 23.2 Å². The van der Waals surface area contributed by atoms with E-state index in [0.717, 1.165) is 16.0 Å². The molecule has 0 radical (unpaired) electrons. The highest BCUT2D eigenvalue weighted by atomic mass is 35.5. The van der Waals surface area contributed by atoms with Gasteiger partial charge in [0.2, 0.25) is 0 Å². The second-order valence-corrected chi connectivity index (χ2v) is 6.80. The van der Waals surface area contributed by atoms with Crippen molar-refractivity contribution in [1.82, 2.24) is 0 Å². The van der Waals surface area contributed by atoms with Crippen LogP contribution in [0.2, 0.25) is 5.02 Å². The Kier molecular flexibility index (Phi) is 3.77. The number of carbonyl (C=O) groups is 2. The summed E-state index contributed by atoms with van der Waals surface area (Å²) in [7, 11) is 0. The molecule has 6 nitrogen and oxygen atoms in total. The lowest BCUT2D eigenvalue weighted by Crippen LogP contribution is -2.40. The van der Waals surface area contributed by atoms with Gasteiger partial charge in [-0.25, -0.2) is 14.3 Å². The van der Waals surface area contributed by atoms with Crippen LogP contribution in [0.15, 0.2) is 46.7 Å². The first-order valence-electron chi connectivity index (χ1n) is 7.98. The topological polar surface area (TPSA) is 65.3 Å². The Morgan fingerprint density at radius 1 is 1.00 bits per heavy atom. The molecule has 0 bridgehead atoms. The van der Waals surface area contributed by atoms with E-state index in [0.29, 0.717) is 11.4 Å². The van der Waals surface area contributed by atoms with Crippen LogP contribution in [0.4, 0.5) is 15.8 Å². The van der Waals surface area contributed by atoms with E-state index in [-0.39, 0.29) is 5.02 Å². The van der Waals surface area contributed by atoms with Gasteiger partial charge in [0.25, 0.3) is 11.8 Å². The molecule has 2 aromatic carbocycles. The SMILES string of the molecule is Cc1cc(C)cc(N2C(=O)[C@H]3N=NN(c4ccc(F)c(Cl)c4)[C@@H]3C2=O)c1. The predicted molar refractivity (Wildman–Crippen MR) is 94.7 cm³/mol. The Morgan fingerprint density at radius 3 is 2.35 bits per heavy atom. The Bertz CT molecular complexity index is 957. The van der Waals surface area contributed by atoms with Crippen LogP contribution in [0.3, 0.4) is 0 Å². The highest BCUT2D eigenvalue weighted by Gasteiger charge is 2.55. The van der Waals surface area contributed by atoms with Crippen LogP contribution in [-0.2, 0) is 9.59 Å². The molecule has 132 valence electrons. The lowest BCUT2D eigenvalue weighted by Gasteiger charge is -2.21. The monoisotopic (exact) mass is 372 g/mol. The molecule has 0 aromatic heterocycles. The van der Waals surface area contributed by atoms with Crippen molar-refractivity contribution in [2.45, 2.75) is 25.9 Å². The summed E-state index contributed by atoms with van der Waals surface area (Å²) in [4.78, 5) is 26.9. The van der Waals surface area contributed by atoms with Crippen LogP contribution in [0, 0.1) is 19.7 Å². The fourth-order valence-electron chi connectivity index (χ4n) is 3.34. The average molecular weight is 373 g/mol. The van der Waals surface area contributed by atoms with E-state index in [2.05, 4.69) is 10.3 Å². The highest BCUT2D eigenvalue weighted by Crippen LogP contribution is 2.36. The molecule has 2 heterocycles. The van der Waals surface area contributed by atoms with Gasteiger partial charge in [0, 0.05) is 0 Å². The minimum atomic E-state index is -0.924. The third-order valence-corrected chi connectivity index (χ3v) is 4.70. The number of hydrogen-bond donors (Lipinski definition) is 0. The second kappa shape index (κ2) is 5.88. The van der Waals surface area contributed by atoms with E-state index in [9.17, 15) is 14.0 Å². The van der Waals surface area contributed by atoms with Gasteiger partial charge in [-0.3, -0.25) is 9.59 Å². The molecule has 1 saturated heterocycles. The molecule has 0 spiro atoms. The van der Waals surface area contributed by atoms with Crippen LogP contribution in [0.25, 0.3) is 0 Å². The number of halogens is 2. The molecule has 0 unspecified atom stereocenters. The van der Waals surface area contributed by atoms with Crippen molar-refractivity contribution in [3.8, 4) is 0 Å². The molecular formula is C18H14ClFN4O2. The summed E-state index contributed by atoms with van der Waals surface area (Å²) < 4.78 is 13.4. The van der Waals surface area contributed by atoms with Gasteiger partial charge in [-0.15, -0.1) is 0 Å². The first-order valence-corrected chi connectivity index (χ1v) is 8.36. The molecule has 2 atom stereocenters. The molecular weight excluding hydrogens is 359 g/mol. The average Bonchev–Trinajstić information content (AvgIpc) is 3.10. The molecule has 2 amide bonds. The van der Waals surface area contributed by atoms with Crippen LogP contribution < -0.4 is 9.91 Å². The van der Waals surface area contributed by atoms with Crippen molar-refractivity contribution in [1.29, 1.82) is 0 Å². The van der Waals surface area contributed by atoms with Crippen molar-refractivity contribution in [2.75, 3.05) is 9.91 Å². The largest absolute Gasteiger partial charge is 0.271 e. The number of aryl methyl sites for hydroxylation is 2. The zero-order chi connectivity index (χ0) is 18.6. The van der Waals surface area contributed by atoms with E-state index < -0.39 is 29.7 Å². The van der Waals surface area contributed by atoms with Crippen molar-refractivity contribution < 1.29 is 14.0 Å². The van der Waals surface area contributed by atoms with Crippen LogP contribution in [-0.4, -0.2) is 23.9 Å². The minimum Gasteiger partial charge on any atom is -0.271 e. The zero-order valence-electron chi connectivity index (χ0n) is 14.0. The van der Waals surface area contributed by atoms with Gasteiger partial charge in [-0.1, -0.05) is 22.9 Å². The van der Waals surface area contributed by atoms with Crippen molar-refractivity contribution >= 4 is 34.8 Å². The zero-order valence-corrected chi connectivity index (χ0v) is 14.7. The quantitative estimate of drug-likeness (QED) is 0.756. The maximum atomic E-state index is 13.4. The number of benzene rings is 2. The van der Waals surface area contributed by atoms with Crippen LogP contribution in [0.1, 0.15) is 11.1 Å².